The van der Waals surface area contributed by atoms with Crippen LogP contribution in [0.4, 0.5) is 10.1 Å². The SMILES string of the molecule is C=CCNS(=O)(=O)Cc1ccc(NC(=O)c2cnn(-c3ccc(F)cc3)c2-n2cccc2)cc1. The molecule has 4 rings (SSSR count). The van der Waals surface area contributed by atoms with E-state index in [1.54, 1.807) is 58.0 Å². The molecule has 4 aromatic rings. The molecule has 0 aliphatic carbocycles. The molecule has 2 heterocycles. The Morgan fingerprint density at radius 3 is 2.38 bits per heavy atom. The van der Waals surface area contributed by atoms with Crippen LogP contribution < -0.4 is 10.0 Å². The van der Waals surface area contributed by atoms with E-state index in [1.807, 2.05) is 12.1 Å². The second kappa shape index (κ2) is 9.86. The summed E-state index contributed by atoms with van der Waals surface area (Å²) < 4.78 is 43.2. The number of aromatic nitrogens is 3. The first-order valence-corrected chi connectivity index (χ1v) is 12.0. The minimum absolute atomic E-state index is 0.159. The van der Waals surface area contributed by atoms with Crippen LogP contribution in [0.1, 0.15) is 15.9 Å². The molecule has 174 valence electrons. The van der Waals surface area contributed by atoms with E-state index < -0.39 is 15.9 Å². The maximum atomic E-state index is 13.4. The fourth-order valence-corrected chi connectivity index (χ4v) is 4.44. The molecule has 2 aromatic heterocycles. The Labute approximate surface area is 196 Å². The third-order valence-electron chi connectivity index (χ3n) is 4.92. The number of amides is 1. The van der Waals surface area contributed by atoms with Crippen molar-refractivity contribution in [2.45, 2.75) is 5.75 Å². The van der Waals surface area contributed by atoms with Crippen LogP contribution in [0, 0.1) is 5.82 Å². The van der Waals surface area contributed by atoms with Gasteiger partial charge in [0.15, 0.2) is 5.82 Å². The van der Waals surface area contributed by atoms with Crippen LogP contribution in [-0.4, -0.2) is 35.2 Å². The van der Waals surface area contributed by atoms with Gasteiger partial charge in [0.25, 0.3) is 5.91 Å². The molecule has 0 saturated heterocycles. The predicted molar refractivity (Wildman–Crippen MR) is 128 cm³/mol. The van der Waals surface area contributed by atoms with Crippen molar-refractivity contribution in [2.24, 2.45) is 0 Å². The zero-order valence-corrected chi connectivity index (χ0v) is 18.9. The lowest BCUT2D eigenvalue weighted by Gasteiger charge is -2.11. The van der Waals surface area contributed by atoms with E-state index in [1.165, 1.54) is 24.4 Å². The summed E-state index contributed by atoms with van der Waals surface area (Å²) in [7, 11) is -3.48. The lowest BCUT2D eigenvalue weighted by Crippen LogP contribution is -2.25. The van der Waals surface area contributed by atoms with Gasteiger partial charge in [-0.2, -0.15) is 5.10 Å². The molecule has 1 amide bonds. The Bertz CT molecular complexity index is 1390. The summed E-state index contributed by atoms with van der Waals surface area (Å²) in [6.07, 6.45) is 6.48. The highest BCUT2D eigenvalue weighted by molar-refractivity contribution is 7.88. The Morgan fingerprint density at radius 1 is 1.06 bits per heavy atom. The van der Waals surface area contributed by atoms with Crippen LogP contribution in [0.15, 0.2) is 91.9 Å². The summed E-state index contributed by atoms with van der Waals surface area (Å²) in [6.45, 7) is 3.65. The minimum atomic E-state index is -3.48. The average Bonchev–Trinajstić information content (AvgIpc) is 3.49. The molecule has 0 spiro atoms. The maximum Gasteiger partial charge on any atom is 0.261 e. The number of benzene rings is 2. The van der Waals surface area contributed by atoms with E-state index in [4.69, 9.17) is 0 Å². The van der Waals surface area contributed by atoms with Crippen LogP contribution in [0.5, 0.6) is 0 Å². The number of anilines is 1. The molecule has 0 aliphatic rings. The van der Waals surface area contributed by atoms with Gasteiger partial charge in [-0.05, 0) is 54.1 Å². The first kappa shape index (κ1) is 23.1. The molecule has 34 heavy (non-hydrogen) atoms. The van der Waals surface area contributed by atoms with Crippen LogP contribution in [-0.2, 0) is 15.8 Å². The van der Waals surface area contributed by atoms with E-state index in [0.717, 1.165) is 0 Å². The number of rotatable bonds is 9. The number of hydrogen-bond acceptors (Lipinski definition) is 4. The van der Waals surface area contributed by atoms with Crippen molar-refractivity contribution in [3.05, 3.63) is 109 Å². The number of carbonyl (C=O) groups excluding carboxylic acids is 1. The predicted octanol–water partition coefficient (Wildman–Crippen LogP) is 3.66. The molecule has 0 atom stereocenters. The summed E-state index contributed by atoms with van der Waals surface area (Å²) in [5, 5.41) is 7.16. The van der Waals surface area contributed by atoms with E-state index >= 15 is 0 Å². The summed E-state index contributed by atoms with van der Waals surface area (Å²) in [5.74, 6) is -0.462. The summed E-state index contributed by atoms with van der Waals surface area (Å²) in [6, 6.07) is 16.0. The second-order valence-electron chi connectivity index (χ2n) is 7.41. The highest BCUT2D eigenvalue weighted by Gasteiger charge is 2.20. The third-order valence-corrected chi connectivity index (χ3v) is 6.24. The first-order chi connectivity index (χ1) is 16.4. The molecule has 0 unspecified atom stereocenters. The molecule has 8 nitrogen and oxygen atoms in total. The number of halogens is 1. The van der Waals surface area contributed by atoms with Crippen molar-refractivity contribution in [1.29, 1.82) is 0 Å². The normalized spacial score (nSPS) is 11.3. The van der Waals surface area contributed by atoms with Gasteiger partial charge in [0.2, 0.25) is 10.0 Å². The van der Waals surface area contributed by atoms with Crippen LogP contribution in [0.3, 0.4) is 0 Å². The second-order valence-corrected chi connectivity index (χ2v) is 9.21. The Kier molecular flexibility index (Phi) is 6.71. The number of sulfonamides is 1. The number of nitrogens with one attached hydrogen (secondary N) is 2. The number of carbonyl (C=O) groups is 1. The van der Waals surface area contributed by atoms with Gasteiger partial charge < -0.3 is 9.88 Å². The molecule has 10 heteroatoms. The fourth-order valence-electron chi connectivity index (χ4n) is 3.34. The molecular formula is C24H22FN5O3S. The van der Waals surface area contributed by atoms with Gasteiger partial charge in [0.1, 0.15) is 11.4 Å². The maximum absolute atomic E-state index is 13.4. The van der Waals surface area contributed by atoms with Crippen LogP contribution in [0.2, 0.25) is 0 Å². The quantitative estimate of drug-likeness (QED) is 0.358. The molecule has 0 bridgehead atoms. The molecule has 0 aliphatic heterocycles. The van der Waals surface area contributed by atoms with Crippen molar-refractivity contribution in [1.82, 2.24) is 19.1 Å². The Balaban J connectivity index is 1.57. The van der Waals surface area contributed by atoms with Crippen LogP contribution >= 0.6 is 0 Å². The van der Waals surface area contributed by atoms with Gasteiger partial charge in [-0.3, -0.25) is 4.79 Å². The molecule has 2 N–H and O–H groups in total. The zero-order valence-electron chi connectivity index (χ0n) is 18.1. The van der Waals surface area contributed by atoms with Crippen molar-refractivity contribution in [2.75, 3.05) is 11.9 Å². The van der Waals surface area contributed by atoms with Gasteiger partial charge in [-0.15, -0.1) is 6.58 Å². The van der Waals surface area contributed by atoms with Crippen molar-refractivity contribution < 1.29 is 17.6 Å². The monoisotopic (exact) mass is 479 g/mol. The van der Waals surface area contributed by atoms with Crippen molar-refractivity contribution in [3.8, 4) is 11.5 Å². The van der Waals surface area contributed by atoms with Gasteiger partial charge in [-0.1, -0.05) is 18.2 Å². The first-order valence-electron chi connectivity index (χ1n) is 10.3. The fraction of sp³-hybridized carbons (Fsp3) is 0.0833. The van der Waals surface area contributed by atoms with Gasteiger partial charge in [0, 0.05) is 24.6 Å². The highest BCUT2D eigenvalue weighted by atomic mass is 32.2. The smallest absolute Gasteiger partial charge is 0.261 e. The highest BCUT2D eigenvalue weighted by Crippen LogP contribution is 2.22. The molecular weight excluding hydrogens is 457 g/mol. The van der Waals surface area contributed by atoms with E-state index in [2.05, 4.69) is 21.7 Å². The van der Waals surface area contributed by atoms with Crippen LogP contribution in [0.25, 0.3) is 11.5 Å². The third kappa shape index (κ3) is 5.30. The average molecular weight is 480 g/mol. The summed E-state index contributed by atoms with van der Waals surface area (Å²) >= 11 is 0. The number of nitrogens with zero attached hydrogens (tertiary/aromatic N) is 3. The van der Waals surface area contributed by atoms with Crippen molar-refractivity contribution >= 4 is 21.6 Å². The topological polar surface area (TPSA) is 98.0 Å². The van der Waals surface area contributed by atoms with E-state index in [0.29, 0.717) is 28.3 Å². The lowest BCUT2D eigenvalue weighted by atomic mass is 10.2. The summed E-state index contributed by atoms with van der Waals surface area (Å²) in [5.41, 5.74) is 1.98. The zero-order chi connectivity index (χ0) is 24.1. The molecule has 0 saturated carbocycles. The van der Waals surface area contributed by atoms with E-state index in [-0.39, 0.29) is 18.1 Å². The van der Waals surface area contributed by atoms with Gasteiger partial charge in [0.05, 0.1) is 17.6 Å². The van der Waals surface area contributed by atoms with Gasteiger partial charge in [-0.25, -0.2) is 22.2 Å². The molecule has 0 radical (unpaired) electrons. The standard InChI is InChI=1S/C24H22FN5O3S/c1-2-13-27-34(32,33)17-18-5-9-20(10-6-18)28-23(31)22-16-26-30(21-11-7-19(25)8-12-21)24(22)29-14-3-4-15-29/h2-12,14-16,27H,1,13,17H2,(H,28,31). The molecule has 0 fully saturated rings. The summed E-state index contributed by atoms with van der Waals surface area (Å²) in [4.78, 5) is 13.1. The Hall–Kier alpha value is -4.02. The van der Waals surface area contributed by atoms with E-state index in [9.17, 15) is 17.6 Å². The Morgan fingerprint density at radius 2 is 1.74 bits per heavy atom. The largest absolute Gasteiger partial charge is 0.322 e. The molecule has 2 aromatic carbocycles. The minimum Gasteiger partial charge on any atom is -0.322 e. The van der Waals surface area contributed by atoms with Gasteiger partial charge >= 0.3 is 0 Å². The lowest BCUT2D eigenvalue weighted by molar-refractivity contribution is 0.102. The number of hydrogen-bond donors (Lipinski definition) is 2. The van der Waals surface area contributed by atoms with Crippen molar-refractivity contribution in [3.63, 3.8) is 0 Å².